The molecule has 0 radical (unpaired) electrons. The summed E-state index contributed by atoms with van der Waals surface area (Å²) in [5, 5.41) is 4.01. The Bertz CT molecular complexity index is 1010. The molecule has 7 nitrogen and oxygen atoms in total. The number of halogens is 3. The van der Waals surface area contributed by atoms with Crippen molar-refractivity contribution in [2.24, 2.45) is 0 Å². The molecule has 2 aromatic heterocycles. The third-order valence-electron chi connectivity index (χ3n) is 5.10. The SMILES string of the molecule is O=C(Oc1ccc(Cc2ccc(C(F)(F)F)cn2)cc1)N1CCC(On2cccn2)CC1. The first-order chi connectivity index (χ1) is 15.4. The van der Waals surface area contributed by atoms with Crippen LogP contribution in [-0.4, -0.2) is 45.1 Å². The molecule has 32 heavy (non-hydrogen) atoms. The molecule has 0 aliphatic carbocycles. The number of piperidine rings is 1. The van der Waals surface area contributed by atoms with E-state index in [1.165, 1.54) is 10.9 Å². The average Bonchev–Trinajstić information content (AvgIpc) is 3.28. The second-order valence-corrected chi connectivity index (χ2v) is 7.43. The number of hydrogen-bond donors (Lipinski definition) is 0. The standard InChI is InChI=1S/C22H21F3N4O3/c23-22(24,25)17-4-5-18(26-15-17)14-16-2-6-19(7-3-16)31-21(30)28-12-8-20(9-13-28)32-29-11-1-10-27-29/h1-7,10-11,15,20H,8-9,12-14H2. The molecule has 0 N–H and O–H groups in total. The molecule has 0 atom stereocenters. The number of ether oxygens (including phenoxy) is 1. The predicted octanol–water partition coefficient (Wildman–Crippen LogP) is 3.98. The molecule has 1 aromatic carbocycles. The highest BCUT2D eigenvalue weighted by molar-refractivity contribution is 5.70. The van der Waals surface area contributed by atoms with Crippen LogP contribution in [0.3, 0.4) is 0 Å². The Labute approximate surface area is 182 Å². The van der Waals surface area contributed by atoms with E-state index in [-0.39, 0.29) is 6.10 Å². The number of pyridine rings is 1. The van der Waals surface area contributed by atoms with E-state index in [0.717, 1.165) is 17.8 Å². The Kier molecular flexibility index (Phi) is 6.29. The summed E-state index contributed by atoms with van der Waals surface area (Å²) in [6, 6.07) is 11.0. The minimum absolute atomic E-state index is 0.0166. The maximum atomic E-state index is 12.6. The molecule has 0 unspecified atom stereocenters. The van der Waals surface area contributed by atoms with Gasteiger partial charge < -0.3 is 14.5 Å². The van der Waals surface area contributed by atoms with Crippen LogP contribution in [-0.2, 0) is 12.6 Å². The Morgan fingerprint density at radius 3 is 2.44 bits per heavy atom. The van der Waals surface area contributed by atoms with Crippen LogP contribution >= 0.6 is 0 Å². The smallest absolute Gasteiger partial charge is 0.410 e. The largest absolute Gasteiger partial charge is 0.417 e. The van der Waals surface area contributed by atoms with Crippen LogP contribution in [0.5, 0.6) is 5.75 Å². The Balaban J connectivity index is 1.26. The van der Waals surface area contributed by atoms with E-state index in [0.29, 0.717) is 43.8 Å². The topological polar surface area (TPSA) is 69.5 Å². The highest BCUT2D eigenvalue weighted by Gasteiger charge is 2.30. The molecule has 10 heteroatoms. The van der Waals surface area contributed by atoms with Crippen molar-refractivity contribution in [1.82, 2.24) is 19.8 Å². The normalized spacial score (nSPS) is 14.9. The molecule has 0 spiro atoms. The van der Waals surface area contributed by atoms with Crippen LogP contribution in [0.1, 0.15) is 29.7 Å². The predicted molar refractivity (Wildman–Crippen MR) is 108 cm³/mol. The molecular weight excluding hydrogens is 425 g/mol. The van der Waals surface area contributed by atoms with Gasteiger partial charge in [-0.05, 0) is 35.9 Å². The molecule has 1 aliphatic heterocycles. The van der Waals surface area contributed by atoms with E-state index in [9.17, 15) is 18.0 Å². The van der Waals surface area contributed by atoms with E-state index in [4.69, 9.17) is 9.57 Å². The Morgan fingerprint density at radius 1 is 1.09 bits per heavy atom. The number of carbonyl (C=O) groups is 1. The van der Waals surface area contributed by atoms with Crippen LogP contribution in [0.2, 0.25) is 0 Å². The van der Waals surface area contributed by atoms with Crippen molar-refractivity contribution in [3.63, 3.8) is 0 Å². The number of likely N-dealkylation sites (tertiary alicyclic amines) is 1. The van der Waals surface area contributed by atoms with E-state index >= 15 is 0 Å². The fourth-order valence-corrected chi connectivity index (χ4v) is 3.36. The first-order valence-electron chi connectivity index (χ1n) is 10.1. The summed E-state index contributed by atoms with van der Waals surface area (Å²) >= 11 is 0. The van der Waals surface area contributed by atoms with Gasteiger partial charge in [0, 0.05) is 44.2 Å². The van der Waals surface area contributed by atoms with E-state index < -0.39 is 17.8 Å². The number of nitrogens with zero attached hydrogens (tertiary/aromatic N) is 4. The van der Waals surface area contributed by atoms with Crippen LogP contribution in [0, 0.1) is 0 Å². The van der Waals surface area contributed by atoms with Gasteiger partial charge in [-0.15, -0.1) is 9.94 Å². The molecule has 0 bridgehead atoms. The summed E-state index contributed by atoms with van der Waals surface area (Å²) in [7, 11) is 0. The molecular formula is C22H21F3N4O3. The highest BCUT2D eigenvalue weighted by atomic mass is 19.4. The summed E-state index contributed by atoms with van der Waals surface area (Å²) in [5.41, 5.74) is 0.581. The van der Waals surface area contributed by atoms with Gasteiger partial charge in [0.15, 0.2) is 0 Å². The van der Waals surface area contributed by atoms with Gasteiger partial charge in [0.1, 0.15) is 11.9 Å². The fourth-order valence-electron chi connectivity index (χ4n) is 3.36. The number of aromatic nitrogens is 3. The van der Waals surface area contributed by atoms with Gasteiger partial charge in [0.2, 0.25) is 0 Å². The fraction of sp³-hybridized carbons (Fsp3) is 0.318. The van der Waals surface area contributed by atoms with E-state index in [1.807, 2.05) is 0 Å². The molecule has 1 saturated heterocycles. The van der Waals surface area contributed by atoms with Crippen molar-refractivity contribution in [3.8, 4) is 5.75 Å². The van der Waals surface area contributed by atoms with Gasteiger partial charge in [-0.2, -0.15) is 13.2 Å². The van der Waals surface area contributed by atoms with Crippen molar-refractivity contribution in [2.45, 2.75) is 31.5 Å². The van der Waals surface area contributed by atoms with Crippen molar-refractivity contribution < 1.29 is 27.5 Å². The number of carbonyl (C=O) groups excluding carboxylic acids is 1. The van der Waals surface area contributed by atoms with Crippen molar-refractivity contribution in [1.29, 1.82) is 0 Å². The zero-order valence-electron chi connectivity index (χ0n) is 17.0. The van der Waals surface area contributed by atoms with Crippen LogP contribution in [0.15, 0.2) is 61.1 Å². The van der Waals surface area contributed by atoms with Crippen molar-refractivity contribution in [2.75, 3.05) is 13.1 Å². The zero-order valence-corrected chi connectivity index (χ0v) is 17.0. The van der Waals surface area contributed by atoms with Crippen molar-refractivity contribution >= 4 is 6.09 Å². The van der Waals surface area contributed by atoms with Crippen molar-refractivity contribution in [3.05, 3.63) is 77.9 Å². The van der Waals surface area contributed by atoms with Crippen LogP contribution in [0.4, 0.5) is 18.0 Å². The number of amides is 1. The summed E-state index contributed by atoms with van der Waals surface area (Å²) in [6.07, 6.45) is 1.05. The Morgan fingerprint density at radius 2 is 1.84 bits per heavy atom. The lowest BCUT2D eigenvalue weighted by Crippen LogP contribution is -2.44. The van der Waals surface area contributed by atoms with Gasteiger partial charge in [-0.1, -0.05) is 12.1 Å². The second-order valence-electron chi connectivity index (χ2n) is 7.43. The lowest BCUT2D eigenvalue weighted by Gasteiger charge is -2.30. The van der Waals surface area contributed by atoms with Gasteiger partial charge >= 0.3 is 12.3 Å². The number of benzene rings is 1. The minimum Gasteiger partial charge on any atom is -0.410 e. The molecule has 1 aliphatic rings. The summed E-state index contributed by atoms with van der Waals surface area (Å²) in [6.45, 7) is 1.03. The summed E-state index contributed by atoms with van der Waals surface area (Å²) < 4.78 is 43.3. The molecule has 4 rings (SSSR count). The van der Waals surface area contributed by atoms with Gasteiger partial charge in [-0.3, -0.25) is 4.98 Å². The lowest BCUT2D eigenvalue weighted by molar-refractivity contribution is -0.137. The summed E-state index contributed by atoms with van der Waals surface area (Å²) in [5.74, 6) is 0.397. The maximum Gasteiger partial charge on any atom is 0.417 e. The maximum absolute atomic E-state index is 12.6. The highest BCUT2D eigenvalue weighted by Crippen LogP contribution is 2.28. The molecule has 3 aromatic rings. The number of rotatable bonds is 5. The van der Waals surface area contributed by atoms with Gasteiger partial charge in [0.25, 0.3) is 0 Å². The lowest BCUT2D eigenvalue weighted by atomic mass is 10.1. The van der Waals surface area contributed by atoms with Crippen LogP contribution in [0.25, 0.3) is 0 Å². The zero-order chi connectivity index (χ0) is 22.6. The molecule has 168 valence electrons. The average molecular weight is 446 g/mol. The molecule has 3 heterocycles. The van der Waals surface area contributed by atoms with E-state index in [1.54, 1.807) is 47.6 Å². The molecule has 1 amide bonds. The Hall–Kier alpha value is -3.56. The third-order valence-corrected chi connectivity index (χ3v) is 5.10. The third kappa shape index (κ3) is 5.57. The number of alkyl halides is 3. The minimum atomic E-state index is -4.40. The quantitative estimate of drug-likeness (QED) is 0.593. The molecule has 0 saturated carbocycles. The molecule has 1 fully saturated rings. The number of hydrogen-bond acceptors (Lipinski definition) is 5. The monoisotopic (exact) mass is 446 g/mol. The van der Waals surface area contributed by atoms with Gasteiger partial charge in [-0.25, -0.2) is 4.79 Å². The van der Waals surface area contributed by atoms with Gasteiger partial charge in [0.05, 0.1) is 18.0 Å². The first kappa shape index (κ1) is 21.7. The first-order valence-corrected chi connectivity index (χ1v) is 10.1. The second kappa shape index (κ2) is 9.29. The summed E-state index contributed by atoms with van der Waals surface area (Å²) in [4.78, 5) is 25.0. The van der Waals surface area contributed by atoms with E-state index in [2.05, 4.69) is 10.1 Å². The van der Waals surface area contributed by atoms with Crippen LogP contribution < -0.4 is 9.57 Å².